The van der Waals surface area contributed by atoms with Crippen LogP contribution in [0.3, 0.4) is 0 Å². The van der Waals surface area contributed by atoms with Gasteiger partial charge in [0, 0.05) is 13.1 Å². The average molecular weight is 300 g/mol. The largest absolute Gasteiger partial charge is 0.395 e. The highest BCUT2D eigenvalue weighted by Gasteiger charge is 2.23. The van der Waals surface area contributed by atoms with Gasteiger partial charge in [-0.3, -0.25) is 0 Å². The zero-order valence-electron chi connectivity index (χ0n) is 12.7. The lowest BCUT2D eigenvalue weighted by molar-refractivity contribution is 0.257. The summed E-state index contributed by atoms with van der Waals surface area (Å²) >= 11 is 0. The van der Waals surface area contributed by atoms with E-state index in [1.54, 1.807) is 0 Å². The molecule has 118 valence electrons. The molecule has 0 aromatic heterocycles. The molecule has 0 saturated carbocycles. The Morgan fingerprint density at radius 2 is 1.00 bits per heavy atom. The summed E-state index contributed by atoms with van der Waals surface area (Å²) in [5.41, 5.74) is 2.30. The fraction of sp³-hybridized carbons (Fsp3) is 0.333. The number of nitrogens with one attached hydrogen (secondary N) is 2. The number of benzene rings is 2. The first kappa shape index (κ1) is 16.6. The monoisotopic (exact) mass is 300 g/mol. The van der Waals surface area contributed by atoms with Crippen molar-refractivity contribution in [2.45, 2.75) is 12.1 Å². The Labute approximate surface area is 131 Å². The molecular formula is C18H24N2O2. The van der Waals surface area contributed by atoms with Crippen molar-refractivity contribution in [3.8, 4) is 0 Å². The molecule has 0 amide bonds. The summed E-state index contributed by atoms with van der Waals surface area (Å²) in [7, 11) is 0. The molecule has 22 heavy (non-hydrogen) atoms. The van der Waals surface area contributed by atoms with Crippen LogP contribution < -0.4 is 10.6 Å². The topological polar surface area (TPSA) is 64.5 Å². The second kappa shape index (κ2) is 9.33. The first-order valence-electron chi connectivity index (χ1n) is 7.65. The van der Waals surface area contributed by atoms with E-state index >= 15 is 0 Å². The Morgan fingerprint density at radius 1 is 0.636 bits per heavy atom. The highest BCUT2D eigenvalue weighted by Crippen LogP contribution is 2.28. The standard InChI is InChI=1S/C18H24N2O2/c21-13-11-19-17(15-7-3-1-4-8-15)18(20-12-14-22)16-9-5-2-6-10-16/h1-10,17-22H,11-14H2/t17-,18-/m0/s1. The van der Waals surface area contributed by atoms with E-state index in [9.17, 15) is 0 Å². The predicted molar refractivity (Wildman–Crippen MR) is 88.5 cm³/mol. The summed E-state index contributed by atoms with van der Waals surface area (Å²) in [6, 6.07) is 20.4. The van der Waals surface area contributed by atoms with E-state index in [0.29, 0.717) is 13.1 Å². The van der Waals surface area contributed by atoms with E-state index in [0.717, 1.165) is 11.1 Å². The van der Waals surface area contributed by atoms with Gasteiger partial charge in [-0.05, 0) is 11.1 Å². The van der Waals surface area contributed by atoms with Gasteiger partial charge in [-0.25, -0.2) is 0 Å². The van der Waals surface area contributed by atoms with Crippen molar-refractivity contribution in [2.24, 2.45) is 0 Å². The summed E-state index contributed by atoms with van der Waals surface area (Å²) in [6.07, 6.45) is 0. The fourth-order valence-corrected chi connectivity index (χ4v) is 2.62. The molecule has 0 spiro atoms. The van der Waals surface area contributed by atoms with Gasteiger partial charge in [0.25, 0.3) is 0 Å². The van der Waals surface area contributed by atoms with E-state index in [-0.39, 0.29) is 25.3 Å². The summed E-state index contributed by atoms with van der Waals surface area (Å²) in [5.74, 6) is 0. The van der Waals surface area contributed by atoms with Crippen LogP contribution in [0.1, 0.15) is 23.2 Å². The van der Waals surface area contributed by atoms with Crippen LogP contribution in [0, 0.1) is 0 Å². The molecule has 2 rings (SSSR count). The Hall–Kier alpha value is -1.72. The average Bonchev–Trinajstić information content (AvgIpc) is 2.59. The molecule has 0 unspecified atom stereocenters. The zero-order chi connectivity index (χ0) is 15.6. The Kier molecular flexibility index (Phi) is 7.06. The number of hydrogen-bond donors (Lipinski definition) is 4. The van der Waals surface area contributed by atoms with Gasteiger partial charge >= 0.3 is 0 Å². The quantitative estimate of drug-likeness (QED) is 0.568. The van der Waals surface area contributed by atoms with Crippen LogP contribution in [0.15, 0.2) is 60.7 Å². The highest BCUT2D eigenvalue weighted by atomic mass is 16.3. The van der Waals surface area contributed by atoms with Crippen molar-refractivity contribution in [3.63, 3.8) is 0 Å². The third kappa shape index (κ3) is 4.64. The van der Waals surface area contributed by atoms with Crippen molar-refractivity contribution in [2.75, 3.05) is 26.3 Å². The molecule has 4 heteroatoms. The van der Waals surface area contributed by atoms with E-state index in [1.165, 1.54) is 0 Å². The van der Waals surface area contributed by atoms with E-state index in [2.05, 4.69) is 34.9 Å². The van der Waals surface area contributed by atoms with Crippen LogP contribution >= 0.6 is 0 Å². The van der Waals surface area contributed by atoms with E-state index in [4.69, 9.17) is 10.2 Å². The molecule has 2 aromatic carbocycles. The van der Waals surface area contributed by atoms with Gasteiger partial charge in [0.2, 0.25) is 0 Å². The normalized spacial score (nSPS) is 13.7. The minimum Gasteiger partial charge on any atom is -0.395 e. The summed E-state index contributed by atoms with van der Waals surface area (Å²) in [5, 5.41) is 25.1. The maximum absolute atomic E-state index is 9.17. The van der Waals surface area contributed by atoms with Crippen LogP contribution in [0.4, 0.5) is 0 Å². The zero-order valence-corrected chi connectivity index (χ0v) is 12.7. The predicted octanol–water partition coefficient (Wildman–Crippen LogP) is 1.63. The molecule has 0 heterocycles. The number of rotatable bonds is 9. The maximum atomic E-state index is 9.17. The third-order valence-corrected chi connectivity index (χ3v) is 3.60. The Balaban J connectivity index is 2.30. The van der Waals surface area contributed by atoms with Crippen LogP contribution in [-0.4, -0.2) is 36.5 Å². The third-order valence-electron chi connectivity index (χ3n) is 3.60. The van der Waals surface area contributed by atoms with Gasteiger partial charge in [-0.15, -0.1) is 0 Å². The molecule has 0 radical (unpaired) electrons. The lowest BCUT2D eigenvalue weighted by Crippen LogP contribution is -2.37. The number of aliphatic hydroxyl groups excluding tert-OH is 2. The molecule has 0 fully saturated rings. The van der Waals surface area contributed by atoms with Gasteiger partial charge in [0.15, 0.2) is 0 Å². The lowest BCUT2D eigenvalue weighted by atomic mass is 9.93. The molecule has 0 bridgehead atoms. The Morgan fingerprint density at radius 3 is 1.32 bits per heavy atom. The van der Waals surface area contributed by atoms with Crippen LogP contribution in [0.25, 0.3) is 0 Å². The van der Waals surface area contributed by atoms with Crippen molar-refractivity contribution < 1.29 is 10.2 Å². The van der Waals surface area contributed by atoms with E-state index < -0.39 is 0 Å². The molecule has 2 aromatic rings. The van der Waals surface area contributed by atoms with Crippen LogP contribution in [0.5, 0.6) is 0 Å². The van der Waals surface area contributed by atoms with Crippen LogP contribution in [0.2, 0.25) is 0 Å². The number of aliphatic hydroxyl groups is 2. The van der Waals surface area contributed by atoms with Crippen molar-refractivity contribution in [1.82, 2.24) is 10.6 Å². The minimum atomic E-state index is 0.0160. The van der Waals surface area contributed by atoms with Gasteiger partial charge in [0.05, 0.1) is 25.3 Å². The van der Waals surface area contributed by atoms with Crippen molar-refractivity contribution in [1.29, 1.82) is 0 Å². The summed E-state index contributed by atoms with van der Waals surface area (Å²) in [4.78, 5) is 0. The fourth-order valence-electron chi connectivity index (χ4n) is 2.62. The SMILES string of the molecule is OCCN[C@@H](c1ccccc1)[C@@H](NCCO)c1ccccc1. The first-order valence-corrected chi connectivity index (χ1v) is 7.65. The second-order valence-corrected chi connectivity index (χ2v) is 5.13. The van der Waals surface area contributed by atoms with E-state index in [1.807, 2.05) is 36.4 Å². The highest BCUT2D eigenvalue weighted by molar-refractivity contribution is 5.27. The second-order valence-electron chi connectivity index (χ2n) is 5.13. The first-order chi connectivity index (χ1) is 10.9. The number of hydrogen-bond acceptors (Lipinski definition) is 4. The maximum Gasteiger partial charge on any atom is 0.0556 e. The smallest absolute Gasteiger partial charge is 0.0556 e. The van der Waals surface area contributed by atoms with Gasteiger partial charge in [0.1, 0.15) is 0 Å². The van der Waals surface area contributed by atoms with Gasteiger partial charge < -0.3 is 20.8 Å². The molecule has 0 aliphatic rings. The molecule has 0 saturated heterocycles. The molecule has 0 aliphatic carbocycles. The lowest BCUT2D eigenvalue weighted by Gasteiger charge is -2.30. The Bertz CT molecular complexity index is 470. The van der Waals surface area contributed by atoms with Crippen LogP contribution in [-0.2, 0) is 0 Å². The van der Waals surface area contributed by atoms with Crippen molar-refractivity contribution in [3.05, 3.63) is 71.8 Å². The van der Waals surface area contributed by atoms with Gasteiger partial charge in [-0.1, -0.05) is 60.7 Å². The van der Waals surface area contributed by atoms with Gasteiger partial charge in [-0.2, -0.15) is 0 Å². The molecule has 2 atom stereocenters. The summed E-state index contributed by atoms with van der Waals surface area (Å²) in [6.45, 7) is 1.21. The minimum absolute atomic E-state index is 0.0160. The molecular weight excluding hydrogens is 276 g/mol. The molecule has 4 N–H and O–H groups in total. The summed E-state index contributed by atoms with van der Waals surface area (Å²) < 4.78 is 0. The van der Waals surface area contributed by atoms with Crippen molar-refractivity contribution >= 4 is 0 Å². The molecule has 0 aliphatic heterocycles. The molecule has 4 nitrogen and oxygen atoms in total.